The average molecular weight is 450 g/mol. The van der Waals surface area contributed by atoms with Crippen molar-refractivity contribution < 1.29 is 26.4 Å². The summed E-state index contributed by atoms with van der Waals surface area (Å²) >= 11 is 0. The molecule has 0 N–H and O–H groups in total. The number of anilines is 1. The van der Waals surface area contributed by atoms with Crippen molar-refractivity contribution in [2.75, 3.05) is 18.2 Å². The van der Waals surface area contributed by atoms with Gasteiger partial charge in [0.1, 0.15) is 0 Å². The quantitative estimate of drug-likeness (QED) is 0.574. The highest BCUT2D eigenvalue weighted by atomic mass is 32.2. The number of carbonyl (C=O) groups excluding carboxylic acids is 1. The van der Waals surface area contributed by atoms with Gasteiger partial charge in [-0.1, -0.05) is 12.1 Å². The summed E-state index contributed by atoms with van der Waals surface area (Å²) in [6.07, 6.45) is -3.45. The lowest BCUT2D eigenvalue weighted by Gasteiger charge is -2.19. The lowest BCUT2D eigenvalue weighted by Crippen LogP contribution is -2.26. The molecule has 0 saturated heterocycles. The molecule has 164 valence electrons. The van der Waals surface area contributed by atoms with Crippen molar-refractivity contribution in [3.05, 3.63) is 77.1 Å². The molecule has 1 heterocycles. The average Bonchev–Trinajstić information content (AvgIpc) is 2.99. The Morgan fingerprint density at radius 1 is 1.00 bits per heavy atom. The van der Waals surface area contributed by atoms with Gasteiger partial charge in [-0.3, -0.25) is 4.79 Å². The Morgan fingerprint density at radius 3 is 2.13 bits per heavy atom. The normalized spacial score (nSPS) is 12.1. The second-order valence-electron chi connectivity index (χ2n) is 7.27. The van der Waals surface area contributed by atoms with Crippen LogP contribution in [0, 0.1) is 13.8 Å². The van der Waals surface area contributed by atoms with Crippen LogP contribution >= 0.6 is 0 Å². The molecule has 2 aromatic carbocycles. The van der Waals surface area contributed by atoms with Gasteiger partial charge in [0.15, 0.2) is 9.84 Å². The molecule has 0 radical (unpaired) electrons. The van der Waals surface area contributed by atoms with Crippen LogP contribution in [0.3, 0.4) is 0 Å². The van der Waals surface area contributed by atoms with Crippen LogP contribution in [0.25, 0.3) is 5.69 Å². The first-order chi connectivity index (χ1) is 14.3. The Labute approximate surface area is 178 Å². The molecule has 5 nitrogen and oxygen atoms in total. The molecule has 3 aromatic rings. The highest BCUT2D eigenvalue weighted by Crippen LogP contribution is 2.35. The minimum atomic E-state index is -4.54. The third-order valence-electron chi connectivity index (χ3n) is 5.07. The van der Waals surface area contributed by atoms with E-state index in [4.69, 9.17) is 0 Å². The fourth-order valence-corrected chi connectivity index (χ4v) is 4.10. The summed E-state index contributed by atoms with van der Waals surface area (Å²) in [5.74, 6) is -0.420. The second-order valence-corrected chi connectivity index (χ2v) is 9.28. The Bertz CT molecular complexity index is 1240. The molecular weight excluding hydrogens is 429 g/mol. The molecule has 0 aliphatic carbocycles. The number of halogens is 3. The topological polar surface area (TPSA) is 59.4 Å². The van der Waals surface area contributed by atoms with Gasteiger partial charge in [-0.05, 0) is 56.3 Å². The number of amides is 1. The molecule has 0 atom stereocenters. The van der Waals surface area contributed by atoms with E-state index in [2.05, 4.69) is 0 Å². The molecule has 0 aliphatic rings. The summed E-state index contributed by atoms with van der Waals surface area (Å²) in [6.45, 7) is 3.23. The van der Waals surface area contributed by atoms with E-state index in [1.54, 1.807) is 19.9 Å². The second kappa shape index (κ2) is 7.88. The van der Waals surface area contributed by atoms with Crippen LogP contribution in [0.15, 0.2) is 59.5 Å². The van der Waals surface area contributed by atoms with E-state index in [1.807, 2.05) is 0 Å². The van der Waals surface area contributed by atoms with E-state index in [9.17, 15) is 26.4 Å². The van der Waals surface area contributed by atoms with Crippen LogP contribution in [0.5, 0.6) is 0 Å². The maximum atomic E-state index is 13.5. The number of alkyl halides is 3. The molecule has 31 heavy (non-hydrogen) atoms. The lowest BCUT2D eigenvalue weighted by atomic mass is 10.1. The van der Waals surface area contributed by atoms with Crippen molar-refractivity contribution in [3.8, 4) is 5.69 Å². The Morgan fingerprint density at radius 2 is 1.58 bits per heavy atom. The number of hydrogen-bond acceptors (Lipinski definition) is 3. The predicted octanol–water partition coefficient (Wildman–Crippen LogP) is 4.79. The summed E-state index contributed by atoms with van der Waals surface area (Å²) < 4.78 is 65.2. The van der Waals surface area contributed by atoms with Gasteiger partial charge in [0.05, 0.1) is 21.7 Å². The molecule has 9 heteroatoms. The fraction of sp³-hybridized carbons (Fsp3) is 0.227. The summed E-state index contributed by atoms with van der Waals surface area (Å²) in [5, 5.41) is 0. The molecule has 0 aliphatic heterocycles. The van der Waals surface area contributed by atoms with Gasteiger partial charge in [0.2, 0.25) is 0 Å². The van der Waals surface area contributed by atoms with Gasteiger partial charge in [-0.25, -0.2) is 8.42 Å². The van der Waals surface area contributed by atoms with Gasteiger partial charge in [0.25, 0.3) is 5.91 Å². The lowest BCUT2D eigenvalue weighted by molar-refractivity contribution is -0.137. The Balaban J connectivity index is 2.02. The number of hydrogen-bond donors (Lipinski definition) is 0. The molecule has 1 amide bonds. The van der Waals surface area contributed by atoms with Crippen molar-refractivity contribution in [2.24, 2.45) is 0 Å². The largest absolute Gasteiger partial charge is 0.418 e. The summed E-state index contributed by atoms with van der Waals surface area (Å²) in [4.78, 5) is 14.5. The summed E-state index contributed by atoms with van der Waals surface area (Å²) in [7, 11) is -1.85. The molecule has 0 unspecified atom stereocenters. The first kappa shape index (κ1) is 22.6. The van der Waals surface area contributed by atoms with E-state index in [-0.39, 0.29) is 16.1 Å². The van der Waals surface area contributed by atoms with Gasteiger partial charge in [-0.15, -0.1) is 0 Å². The highest BCUT2D eigenvalue weighted by molar-refractivity contribution is 7.90. The van der Waals surface area contributed by atoms with Gasteiger partial charge in [0, 0.05) is 30.4 Å². The summed E-state index contributed by atoms with van der Waals surface area (Å²) in [5.41, 5.74) is 0.726. The number of carbonyl (C=O) groups is 1. The van der Waals surface area contributed by atoms with Gasteiger partial charge >= 0.3 is 6.18 Å². The number of nitrogens with zero attached hydrogens (tertiary/aromatic N) is 2. The fourth-order valence-electron chi connectivity index (χ4n) is 3.47. The van der Waals surface area contributed by atoms with E-state index >= 15 is 0 Å². The standard InChI is InChI=1S/C22H21F3N2O3S/c1-14-13-18(15(2)27(14)20-8-6-5-7-19(20)22(23,24)25)21(28)26(3)16-9-11-17(12-10-16)31(4,29)30/h5-13H,1-4H3. The first-order valence-electron chi connectivity index (χ1n) is 9.26. The van der Waals surface area contributed by atoms with Crippen molar-refractivity contribution in [1.29, 1.82) is 0 Å². The first-order valence-corrected chi connectivity index (χ1v) is 11.1. The zero-order valence-corrected chi connectivity index (χ0v) is 18.2. The minimum Gasteiger partial charge on any atom is -0.317 e. The monoisotopic (exact) mass is 450 g/mol. The number of rotatable bonds is 4. The summed E-state index contributed by atoms with van der Waals surface area (Å²) in [6, 6.07) is 12.6. The molecule has 0 spiro atoms. The predicted molar refractivity (Wildman–Crippen MR) is 113 cm³/mol. The van der Waals surface area contributed by atoms with Crippen LogP contribution in [-0.4, -0.2) is 32.2 Å². The van der Waals surface area contributed by atoms with Crippen molar-refractivity contribution in [3.63, 3.8) is 0 Å². The third-order valence-corrected chi connectivity index (χ3v) is 6.20. The molecule has 0 fully saturated rings. The zero-order valence-electron chi connectivity index (χ0n) is 17.4. The van der Waals surface area contributed by atoms with Gasteiger partial charge < -0.3 is 9.47 Å². The molecule has 0 saturated carbocycles. The number of benzene rings is 2. The third kappa shape index (κ3) is 4.36. The van der Waals surface area contributed by atoms with Crippen molar-refractivity contribution in [1.82, 2.24) is 4.57 Å². The van der Waals surface area contributed by atoms with E-state index in [0.717, 1.165) is 12.3 Å². The van der Waals surface area contributed by atoms with Crippen LogP contribution in [0.4, 0.5) is 18.9 Å². The van der Waals surface area contributed by atoms with E-state index in [1.165, 1.54) is 59.0 Å². The van der Waals surface area contributed by atoms with Crippen LogP contribution < -0.4 is 4.90 Å². The van der Waals surface area contributed by atoms with Crippen LogP contribution in [0.2, 0.25) is 0 Å². The maximum Gasteiger partial charge on any atom is 0.418 e. The molecule has 3 rings (SSSR count). The molecule has 0 bridgehead atoms. The van der Waals surface area contributed by atoms with Crippen molar-refractivity contribution >= 4 is 21.4 Å². The van der Waals surface area contributed by atoms with Crippen LogP contribution in [-0.2, 0) is 16.0 Å². The Hall–Kier alpha value is -3.07. The number of para-hydroxylation sites is 1. The van der Waals surface area contributed by atoms with Crippen LogP contribution in [0.1, 0.15) is 27.3 Å². The minimum absolute atomic E-state index is 0.0517. The van der Waals surface area contributed by atoms with E-state index < -0.39 is 27.5 Å². The SMILES string of the molecule is Cc1cc(C(=O)N(C)c2ccc(S(C)(=O)=O)cc2)c(C)n1-c1ccccc1C(F)(F)F. The highest BCUT2D eigenvalue weighted by Gasteiger charge is 2.34. The van der Waals surface area contributed by atoms with E-state index in [0.29, 0.717) is 17.1 Å². The number of sulfone groups is 1. The number of aromatic nitrogens is 1. The maximum absolute atomic E-state index is 13.5. The van der Waals surface area contributed by atoms with Crippen molar-refractivity contribution in [2.45, 2.75) is 24.9 Å². The molecule has 1 aromatic heterocycles. The van der Waals surface area contributed by atoms with Gasteiger partial charge in [-0.2, -0.15) is 13.2 Å². The zero-order chi connectivity index (χ0) is 23.1. The Kier molecular flexibility index (Phi) is 5.75. The number of aryl methyl sites for hydroxylation is 1. The molecular formula is C22H21F3N2O3S. The smallest absolute Gasteiger partial charge is 0.317 e.